The third kappa shape index (κ3) is 3.29. The van der Waals surface area contributed by atoms with Gasteiger partial charge in [0.25, 0.3) is 5.91 Å². The molecule has 27 heavy (non-hydrogen) atoms. The number of carbonyl (C=O) groups is 2. The second-order valence-corrected chi connectivity index (χ2v) is 8.40. The summed E-state index contributed by atoms with van der Waals surface area (Å²) in [7, 11) is 1.86. The first-order valence-electron chi connectivity index (χ1n) is 8.07. The number of amides is 2. The van der Waals surface area contributed by atoms with Crippen LogP contribution in [0.3, 0.4) is 0 Å². The van der Waals surface area contributed by atoms with Crippen LogP contribution in [-0.2, 0) is 11.8 Å². The minimum absolute atomic E-state index is 0.130. The van der Waals surface area contributed by atoms with Gasteiger partial charge in [-0.2, -0.15) is 4.99 Å². The number of nitrogens with zero attached hydrogens (tertiary/aromatic N) is 2. The SMILES string of the molecule is CC(=O)Nc1ccc2c(c1)sc(=NC(=O)c1sc3ccccc3c1Cl)n2C. The van der Waals surface area contributed by atoms with E-state index in [1.807, 2.05) is 54.1 Å². The average Bonchev–Trinajstić information content (AvgIpc) is 3.12. The van der Waals surface area contributed by atoms with Crippen LogP contribution in [0.25, 0.3) is 20.3 Å². The molecule has 0 fully saturated rings. The van der Waals surface area contributed by atoms with E-state index < -0.39 is 0 Å². The minimum atomic E-state index is -0.356. The van der Waals surface area contributed by atoms with Crippen molar-refractivity contribution in [1.29, 1.82) is 0 Å². The Labute approximate surface area is 167 Å². The molecule has 0 bridgehead atoms. The second kappa shape index (κ2) is 6.92. The highest BCUT2D eigenvalue weighted by atomic mass is 35.5. The van der Waals surface area contributed by atoms with Crippen LogP contribution in [0.15, 0.2) is 47.5 Å². The highest BCUT2D eigenvalue weighted by Gasteiger charge is 2.17. The number of aromatic nitrogens is 1. The summed E-state index contributed by atoms with van der Waals surface area (Å²) in [5, 5.41) is 4.07. The summed E-state index contributed by atoms with van der Waals surface area (Å²) >= 11 is 9.12. The third-order valence-electron chi connectivity index (χ3n) is 4.06. The zero-order valence-corrected chi connectivity index (χ0v) is 16.8. The van der Waals surface area contributed by atoms with E-state index in [0.29, 0.717) is 20.4 Å². The number of nitrogens with one attached hydrogen (secondary N) is 1. The van der Waals surface area contributed by atoms with Crippen LogP contribution >= 0.6 is 34.3 Å². The van der Waals surface area contributed by atoms with Gasteiger partial charge in [0.2, 0.25) is 5.91 Å². The largest absolute Gasteiger partial charge is 0.326 e. The van der Waals surface area contributed by atoms with E-state index >= 15 is 0 Å². The number of hydrogen-bond acceptors (Lipinski definition) is 4. The topological polar surface area (TPSA) is 63.5 Å². The van der Waals surface area contributed by atoms with Crippen LogP contribution in [-0.4, -0.2) is 16.4 Å². The Morgan fingerprint density at radius 1 is 1.11 bits per heavy atom. The molecule has 2 aromatic carbocycles. The number of thiophene rings is 1. The summed E-state index contributed by atoms with van der Waals surface area (Å²) in [6.45, 7) is 1.47. The van der Waals surface area contributed by atoms with Crippen molar-refractivity contribution in [3.63, 3.8) is 0 Å². The number of anilines is 1. The predicted octanol–water partition coefficient (Wildman–Crippen LogP) is 4.81. The lowest BCUT2D eigenvalue weighted by Gasteiger charge is -2.01. The summed E-state index contributed by atoms with van der Waals surface area (Å²) in [6.07, 6.45) is 0. The van der Waals surface area contributed by atoms with Crippen LogP contribution in [0.1, 0.15) is 16.6 Å². The predicted molar refractivity (Wildman–Crippen MR) is 112 cm³/mol. The van der Waals surface area contributed by atoms with E-state index in [4.69, 9.17) is 11.6 Å². The van der Waals surface area contributed by atoms with Gasteiger partial charge in [-0.1, -0.05) is 41.1 Å². The average molecular weight is 416 g/mol. The fourth-order valence-corrected chi connectivity index (χ4v) is 5.26. The molecule has 0 spiro atoms. The lowest BCUT2D eigenvalue weighted by molar-refractivity contribution is -0.114. The molecule has 0 saturated carbocycles. The normalized spacial score (nSPS) is 12.0. The summed E-state index contributed by atoms with van der Waals surface area (Å²) in [4.78, 5) is 29.3. The van der Waals surface area contributed by atoms with Gasteiger partial charge in [0.05, 0.1) is 15.2 Å². The molecule has 0 atom stereocenters. The molecule has 0 unspecified atom stereocenters. The van der Waals surface area contributed by atoms with E-state index in [9.17, 15) is 9.59 Å². The van der Waals surface area contributed by atoms with Crippen molar-refractivity contribution in [1.82, 2.24) is 4.57 Å². The quantitative estimate of drug-likeness (QED) is 0.510. The van der Waals surface area contributed by atoms with Gasteiger partial charge in [0.15, 0.2) is 4.80 Å². The van der Waals surface area contributed by atoms with E-state index in [0.717, 1.165) is 20.3 Å². The standard InChI is InChI=1S/C19H14ClN3O2S2/c1-10(24)21-11-7-8-13-15(9-11)27-19(23(13)2)22-18(25)17-16(20)12-5-3-4-6-14(12)26-17/h3-9H,1-2H3,(H,21,24). The Bertz CT molecular complexity index is 1280. The number of benzene rings is 2. The van der Waals surface area contributed by atoms with Gasteiger partial charge in [-0.3, -0.25) is 9.59 Å². The van der Waals surface area contributed by atoms with E-state index in [1.54, 1.807) is 0 Å². The molecule has 2 aromatic heterocycles. The minimum Gasteiger partial charge on any atom is -0.326 e. The van der Waals surface area contributed by atoms with Gasteiger partial charge >= 0.3 is 0 Å². The van der Waals surface area contributed by atoms with E-state index in [-0.39, 0.29) is 11.8 Å². The molecule has 1 N–H and O–H groups in total. The zero-order valence-electron chi connectivity index (χ0n) is 14.4. The molecule has 0 saturated heterocycles. The third-order valence-corrected chi connectivity index (χ3v) is 6.81. The first-order valence-corrected chi connectivity index (χ1v) is 10.1. The molecule has 136 valence electrons. The molecule has 5 nitrogen and oxygen atoms in total. The van der Waals surface area contributed by atoms with Crippen molar-refractivity contribution in [2.45, 2.75) is 6.92 Å². The monoisotopic (exact) mass is 415 g/mol. The van der Waals surface area contributed by atoms with Gasteiger partial charge < -0.3 is 9.88 Å². The highest BCUT2D eigenvalue weighted by molar-refractivity contribution is 7.21. The summed E-state index contributed by atoms with van der Waals surface area (Å²) in [6, 6.07) is 13.2. The molecule has 0 radical (unpaired) electrons. The summed E-state index contributed by atoms with van der Waals surface area (Å²) in [5.41, 5.74) is 1.64. The van der Waals surface area contributed by atoms with Crippen molar-refractivity contribution >= 4 is 72.1 Å². The van der Waals surface area contributed by atoms with Crippen LogP contribution in [0.2, 0.25) is 5.02 Å². The number of rotatable bonds is 2. The van der Waals surface area contributed by atoms with Crippen molar-refractivity contribution in [2.75, 3.05) is 5.32 Å². The lowest BCUT2D eigenvalue weighted by Crippen LogP contribution is -2.13. The Morgan fingerprint density at radius 3 is 2.63 bits per heavy atom. The number of fused-ring (bicyclic) bond motifs is 2. The first kappa shape index (κ1) is 17.9. The van der Waals surface area contributed by atoms with E-state index in [1.165, 1.54) is 29.6 Å². The van der Waals surface area contributed by atoms with Gasteiger partial charge in [-0.05, 0) is 24.3 Å². The van der Waals surface area contributed by atoms with Gasteiger partial charge in [0.1, 0.15) is 4.88 Å². The Kier molecular flexibility index (Phi) is 4.59. The Hall–Kier alpha value is -2.48. The molecule has 8 heteroatoms. The molecule has 0 aliphatic heterocycles. The number of thiazole rings is 1. The molecule has 4 rings (SSSR count). The number of hydrogen-bond donors (Lipinski definition) is 1. The van der Waals surface area contributed by atoms with E-state index in [2.05, 4.69) is 10.3 Å². The molecule has 4 aromatic rings. The molecule has 2 heterocycles. The Balaban J connectivity index is 1.79. The highest BCUT2D eigenvalue weighted by Crippen LogP contribution is 2.35. The number of halogens is 1. The molecular formula is C19H14ClN3O2S2. The van der Waals surface area contributed by atoms with Gasteiger partial charge in [0, 0.05) is 29.7 Å². The molecule has 2 amide bonds. The number of carbonyl (C=O) groups excluding carboxylic acids is 2. The smallest absolute Gasteiger partial charge is 0.291 e. The van der Waals surface area contributed by atoms with Crippen molar-refractivity contribution in [3.8, 4) is 0 Å². The van der Waals surface area contributed by atoms with Gasteiger partial charge in [-0.25, -0.2) is 0 Å². The molecular weight excluding hydrogens is 402 g/mol. The van der Waals surface area contributed by atoms with Crippen molar-refractivity contribution in [2.24, 2.45) is 12.0 Å². The van der Waals surface area contributed by atoms with Crippen molar-refractivity contribution in [3.05, 3.63) is 57.2 Å². The fraction of sp³-hybridized carbons (Fsp3) is 0.105. The first-order chi connectivity index (χ1) is 12.9. The molecule has 0 aliphatic rings. The molecule has 0 aliphatic carbocycles. The maximum absolute atomic E-state index is 12.7. The van der Waals surface area contributed by atoms with Crippen LogP contribution in [0, 0.1) is 0 Å². The maximum Gasteiger partial charge on any atom is 0.291 e. The number of aryl methyl sites for hydroxylation is 1. The van der Waals surface area contributed by atoms with Crippen molar-refractivity contribution < 1.29 is 9.59 Å². The Morgan fingerprint density at radius 2 is 1.89 bits per heavy atom. The zero-order chi connectivity index (χ0) is 19.1. The van der Waals surface area contributed by atoms with Crippen LogP contribution < -0.4 is 10.1 Å². The fourth-order valence-electron chi connectivity index (χ4n) is 2.81. The maximum atomic E-state index is 12.7. The summed E-state index contributed by atoms with van der Waals surface area (Å²) in [5.74, 6) is -0.486. The van der Waals surface area contributed by atoms with Crippen LogP contribution in [0.5, 0.6) is 0 Å². The van der Waals surface area contributed by atoms with Crippen LogP contribution in [0.4, 0.5) is 5.69 Å². The second-order valence-electron chi connectivity index (χ2n) is 5.97. The lowest BCUT2D eigenvalue weighted by atomic mass is 10.2. The summed E-state index contributed by atoms with van der Waals surface area (Å²) < 4.78 is 3.75. The van der Waals surface area contributed by atoms with Gasteiger partial charge in [-0.15, -0.1) is 11.3 Å².